The maximum absolute atomic E-state index is 11.6. The van der Waals surface area contributed by atoms with E-state index in [1.54, 1.807) is 6.92 Å². The topological polar surface area (TPSA) is 55.8 Å². The predicted molar refractivity (Wildman–Crippen MR) is 58.1 cm³/mol. The van der Waals surface area contributed by atoms with Crippen molar-refractivity contribution in [1.82, 2.24) is 4.90 Å². The third-order valence-corrected chi connectivity index (χ3v) is 2.53. The molecule has 5 nitrogen and oxygen atoms in total. The Morgan fingerprint density at radius 1 is 1.50 bits per heavy atom. The highest BCUT2D eigenvalue weighted by atomic mass is 16.5. The van der Waals surface area contributed by atoms with Crippen molar-refractivity contribution in [2.75, 3.05) is 32.9 Å². The summed E-state index contributed by atoms with van der Waals surface area (Å²) in [6.07, 6.45) is -0.127. The molecule has 16 heavy (non-hydrogen) atoms. The smallest absolute Gasteiger partial charge is 0.313 e. The molecule has 0 saturated carbocycles. The Balaban J connectivity index is 2.30. The van der Waals surface area contributed by atoms with Gasteiger partial charge in [0.25, 0.3) is 0 Å². The van der Waals surface area contributed by atoms with Gasteiger partial charge in [0, 0.05) is 12.6 Å². The van der Waals surface area contributed by atoms with E-state index in [1.165, 1.54) is 0 Å². The van der Waals surface area contributed by atoms with E-state index >= 15 is 0 Å². The molecule has 0 N–H and O–H groups in total. The first-order valence-corrected chi connectivity index (χ1v) is 5.62. The summed E-state index contributed by atoms with van der Waals surface area (Å²) >= 11 is 0. The number of carbonyl (C=O) groups is 2. The van der Waals surface area contributed by atoms with Gasteiger partial charge in [-0.1, -0.05) is 0 Å². The van der Waals surface area contributed by atoms with Crippen LogP contribution in [0.2, 0.25) is 0 Å². The van der Waals surface area contributed by atoms with Crippen LogP contribution in [0.25, 0.3) is 0 Å². The van der Waals surface area contributed by atoms with Crippen LogP contribution >= 0.6 is 0 Å². The van der Waals surface area contributed by atoms with Crippen LogP contribution in [0.4, 0.5) is 0 Å². The van der Waals surface area contributed by atoms with Gasteiger partial charge in [-0.15, -0.1) is 0 Å². The van der Waals surface area contributed by atoms with Crippen LogP contribution in [0.3, 0.4) is 0 Å². The number of rotatable bonds is 5. The fraction of sp³-hybridized carbons (Fsp3) is 0.818. The van der Waals surface area contributed by atoms with Gasteiger partial charge < -0.3 is 9.47 Å². The molecule has 1 atom stereocenters. The maximum atomic E-state index is 11.6. The number of carbonyl (C=O) groups excluding carboxylic acids is 2. The lowest BCUT2D eigenvalue weighted by Crippen LogP contribution is -2.46. The van der Waals surface area contributed by atoms with Crippen LogP contribution in [0.5, 0.6) is 0 Å². The molecule has 92 valence electrons. The Morgan fingerprint density at radius 3 is 2.88 bits per heavy atom. The third-order valence-electron chi connectivity index (χ3n) is 2.53. The van der Waals surface area contributed by atoms with E-state index in [9.17, 15) is 9.59 Å². The second-order valence-electron chi connectivity index (χ2n) is 3.91. The van der Waals surface area contributed by atoms with Gasteiger partial charge in [-0.25, -0.2) is 0 Å². The van der Waals surface area contributed by atoms with Gasteiger partial charge in [-0.2, -0.15) is 0 Å². The molecule has 1 heterocycles. The molecule has 1 fully saturated rings. The van der Waals surface area contributed by atoms with Gasteiger partial charge in [0.2, 0.25) is 0 Å². The van der Waals surface area contributed by atoms with Gasteiger partial charge >= 0.3 is 5.97 Å². The van der Waals surface area contributed by atoms with Gasteiger partial charge in [0.05, 0.1) is 26.4 Å². The summed E-state index contributed by atoms with van der Waals surface area (Å²) < 4.78 is 9.99. The second kappa shape index (κ2) is 6.60. The fourth-order valence-electron chi connectivity index (χ4n) is 1.65. The summed E-state index contributed by atoms with van der Waals surface area (Å²) in [5.74, 6) is -0.527. The fourth-order valence-corrected chi connectivity index (χ4v) is 1.65. The van der Waals surface area contributed by atoms with E-state index in [1.807, 2.05) is 11.8 Å². The van der Waals surface area contributed by atoms with Gasteiger partial charge in [0.1, 0.15) is 6.42 Å². The summed E-state index contributed by atoms with van der Waals surface area (Å²) in [6, 6.07) is 0.236. The number of esters is 1. The molecule has 0 aromatic heterocycles. The monoisotopic (exact) mass is 229 g/mol. The molecule has 0 spiro atoms. The van der Waals surface area contributed by atoms with Crippen molar-refractivity contribution >= 4 is 11.8 Å². The SMILES string of the molecule is CCOC(=O)CC(=O)CN1CCOCC1C. The molecule has 0 radical (unpaired) electrons. The molecular formula is C11H19NO4. The minimum absolute atomic E-state index is 0.0906. The van der Waals surface area contributed by atoms with E-state index in [-0.39, 0.29) is 18.2 Å². The summed E-state index contributed by atoms with van der Waals surface area (Å²) in [6.45, 7) is 6.41. The van der Waals surface area contributed by atoms with Crippen molar-refractivity contribution in [2.45, 2.75) is 26.3 Å². The van der Waals surface area contributed by atoms with Gasteiger partial charge in [-0.05, 0) is 13.8 Å². The normalized spacial score (nSPS) is 21.8. The highest BCUT2D eigenvalue weighted by molar-refractivity contribution is 5.96. The zero-order valence-electron chi connectivity index (χ0n) is 9.90. The Hall–Kier alpha value is -0.940. The van der Waals surface area contributed by atoms with Crippen LogP contribution < -0.4 is 0 Å². The lowest BCUT2D eigenvalue weighted by atomic mass is 10.2. The molecule has 1 rings (SSSR count). The molecular weight excluding hydrogens is 210 g/mol. The van der Waals surface area contributed by atoms with E-state index in [4.69, 9.17) is 9.47 Å². The summed E-state index contributed by atoms with van der Waals surface area (Å²) in [5.41, 5.74) is 0. The largest absolute Gasteiger partial charge is 0.466 e. The zero-order valence-corrected chi connectivity index (χ0v) is 9.90. The van der Waals surface area contributed by atoms with E-state index in [0.29, 0.717) is 26.4 Å². The molecule has 1 unspecified atom stereocenters. The average molecular weight is 229 g/mol. The number of hydrogen-bond donors (Lipinski definition) is 0. The summed E-state index contributed by atoms with van der Waals surface area (Å²) in [7, 11) is 0. The Bertz CT molecular complexity index is 254. The number of Topliss-reactive ketones (excluding diaryl/α,β-unsaturated/α-hetero) is 1. The standard InChI is InChI=1S/C11H19NO4/c1-3-16-11(14)6-10(13)7-12-4-5-15-8-9(12)2/h9H,3-8H2,1-2H3. The predicted octanol–water partition coefficient (Wildman–Crippen LogP) is 0.229. The molecule has 0 aromatic rings. The van der Waals surface area contributed by atoms with Crippen LogP contribution in [0.15, 0.2) is 0 Å². The molecule has 0 bridgehead atoms. The number of nitrogens with zero attached hydrogens (tertiary/aromatic N) is 1. The van der Waals surface area contributed by atoms with Crippen molar-refractivity contribution < 1.29 is 19.1 Å². The quantitative estimate of drug-likeness (QED) is 0.499. The van der Waals surface area contributed by atoms with E-state index in [2.05, 4.69) is 0 Å². The Labute approximate surface area is 95.7 Å². The van der Waals surface area contributed by atoms with E-state index in [0.717, 1.165) is 6.54 Å². The average Bonchev–Trinajstić information content (AvgIpc) is 2.21. The molecule has 0 amide bonds. The lowest BCUT2D eigenvalue weighted by Gasteiger charge is -2.32. The van der Waals surface area contributed by atoms with Gasteiger partial charge in [-0.3, -0.25) is 14.5 Å². The number of morpholine rings is 1. The number of ether oxygens (including phenoxy) is 2. The molecule has 0 aromatic carbocycles. The van der Waals surface area contributed by atoms with Crippen molar-refractivity contribution in [3.05, 3.63) is 0 Å². The van der Waals surface area contributed by atoms with Crippen LogP contribution in [0.1, 0.15) is 20.3 Å². The van der Waals surface area contributed by atoms with Crippen molar-refractivity contribution in [1.29, 1.82) is 0 Å². The first-order chi connectivity index (χ1) is 7.63. The minimum atomic E-state index is -0.437. The second-order valence-corrected chi connectivity index (χ2v) is 3.91. The minimum Gasteiger partial charge on any atom is -0.466 e. The molecule has 5 heteroatoms. The summed E-state index contributed by atoms with van der Waals surface area (Å²) in [5, 5.41) is 0. The van der Waals surface area contributed by atoms with Crippen LogP contribution in [-0.4, -0.2) is 55.6 Å². The highest BCUT2D eigenvalue weighted by Gasteiger charge is 2.22. The molecule has 1 aliphatic heterocycles. The molecule has 0 aliphatic carbocycles. The number of ketones is 1. The first kappa shape index (κ1) is 13.1. The number of hydrogen-bond acceptors (Lipinski definition) is 5. The van der Waals surface area contributed by atoms with E-state index < -0.39 is 5.97 Å². The van der Waals surface area contributed by atoms with Crippen LogP contribution in [0, 0.1) is 0 Å². The van der Waals surface area contributed by atoms with Crippen molar-refractivity contribution in [3.8, 4) is 0 Å². The summed E-state index contributed by atoms with van der Waals surface area (Å²) in [4.78, 5) is 24.7. The Morgan fingerprint density at radius 2 is 2.25 bits per heavy atom. The molecule has 1 saturated heterocycles. The zero-order chi connectivity index (χ0) is 12.0. The maximum Gasteiger partial charge on any atom is 0.313 e. The van der Waals surface area contributed by atoms with Crippen molar-refractivity contribution in [3.63, 3.8) is 0 Å². The van der Waals surface area contributed by atoms with Crippen molar-refractivity contribution in [2.24, 2.45) is 0 Å². The Kier molecular flexibility index (Phi) is 5.42. The third kappa shape index (κ3) is 4.28. The molecule has 1 aliphatic rings. The highest BCUT2D eigenvalue weighted by Crippen LogP contribution is 2.06. The van der Waals surface area contributed by atoms with Crippen LogP contribution in [-0.2, 0) is 19.1 Å². The lowest BCUT2D eigenvalue weighted by molar-refractivity contribution is -0.146. The first-order valence-electron chi connectivity index (χ1n) is 5.62. The van der Waals surface area contributed by atoms with Gasteiger partial charge in [0.15, 0.2) is 5.78 Å².